The van der Waals surface area contributed by atoms with Gasteiger partial charge in [-0.3, -0.25) is 14.5 Å². The Kier molecular flexibility index (Phi) is 12.8. The zero-order valence-corrected chi connectivity index (χ0v) is 25.4. The Morgan fingerprint density at radius 1 is 1.17 bits per heavy atom. The SMILES string of the molecule is CCc1c(C(=O)C(C)C)ccc(-c2ccc(CN3CCC(O)CC3)c(N)n2)c1F.[B]C(C)(CCC(=O)CC)C(C)=O. The molecule has 0 spiro atoms. The number of anilines is 1. The lowest BCUT2D eigenvalue weighted by atomic mass is 9.65. The second-order valence-electron chi connectivity index (χ2n) is 11.4. The highest BCUT2D eigenvalue weighted by Crippen LogP contribution is 2.30. The molecule has 0 aliphatic carbocycles. The van der Waals surface area contributed by atoms with Gasteiger partial charge in [-0.2, -0.15) is 0 Å². The van der Waals surface area contributed by atoms with Crippen LogP contribution in [-0.2, 0) is 22.6 Å². The number of piperidine rings is 1. The van der Waals surface area contributed by atoms with Crippen LogP contribution in [0.1, 0.15) is 95.1 Å². The van der Waals surface area contributed by atoms with Crippen molar-refractivity contribution in [3.05, 3.63) is 46.8 Å². The largest absolute Gasteiger partial charge is 0.393 e. The van der Waals surface area contributed by atoms with Gasteiger partial charge in [0.2, 0.25) is 0 Å². The third kappa shape index (κ3) is 9.57. The molecular formula is C32H45BFN3O4. The number of aliphatic hydroxyl groups is 1. The van der Waals surface area contributed by atoms with Crippen molar-refractivity contribution < 1.29 is 23.9 Å². The maximum Gasteiger partial charge on any atom is 0.165 e. The van der Waals surface area contributed by atoms with Crippen LogP contribution in [-0.4, -0.2) is 59.4 Å². The smallest absolute Gasteiger partial charge is 0.165 e. The first-order valence-corrected chi connectivity index (χ1v) is 14.5. The number of carbonyl (C=O) groups is 3. The monoisotopic (exact) mass is 565 g/mol. The van der Waals surface area contributed by atoms with Crippen LogP contribution in [0.15, 0.2) is 24.3 Å². The summed E-state index contributed by atoms with van der Waals surface area (Å²) in [6, 6.07) is 7.00. The molecule has 0 amide bonds. The fourth-order valence-electron chi connectivity index (χ4n) is 4.56. The topological polar surface area (TPSA) is 114 Å². The summed E-state index contributed by atoms with van der Waals surface area (Å²) in [6.07, 6.45) is 3.12. The van der Waals surface area contributed by atoms with E-state index >= 15 is 4.39 Å². The Balaban J connectivity index is 0.000000415. The lowest BCUT2D eigenvalue weighted by molar-refractivity contribution is -0.121. The lowest BCUT2D eigenvalue weighted by Gasteiger charge is -2.29. The fourth-order valence-corrected chi connectivity index (χ4v) is 4.56. The summed E-state index contributed by atoms with van der Waals surface area (Å²) in [5.41, 5.74) is 8.78. The van der Waals surface area contributed by atoms with Gasteiger partial charge in [0.15, 0.2) is 5.78 Å². The fraction of sp³-hybridized carbons (Fsp3) is 0.562. The lowest BCUT2D eigenvalue weighted by Crippen LogP contribution is -2.35. The number of pyridine rings is 1. The molecule has 1 atom stereocenters. The van der Waals surface area contributed by atoms with Gasteiger partial charge in [-0.25, -0.2) is 9.37 Å². The maximum absolute atomic E-state index is 15.2. The van der Waals surface area contributed by atoms with E-state index in [0.29, 0.717) is 60.4 Å². The summed E-state index contributed by atoms with van der Waals surface area (Å²) in [5.74, 6) is -0.160. The van der Waals surface area contributed by atoms with Gasteiger partial charge in [0, 0.05) is 55.1 Å². The highest BCUT2D eigenvalue weighted by Gasteiger charge is 2.24. The Bertz CT molecular complexity index is 1220. The molecule has 1 saturated heterocycles. The summed E-state index contributed by atoms with van der Waals surface area (Å²) in [6.45, 7) is 12.7. The molecule has 2 heterocycles. The van der Waals surface area contributed by atoms with Gasteiger partial charge < -0.3 is 15.6 Å². The van der Waals surface area contributed by atoms with Gasteiger partial charge in [-0.15, -0.1) is 0 Å². The molecule has 1 fully saturated rings. The summed E-state index contributed by atoms with van der Waals surface area (Å²) >= 11 is 0. The third-order valence-electron chi connectivity index (χ3n) is 7.75. The molecule has 1 aromatic heterocycles. The van der Waals surface area contributed by atoms with Crippen LogP contribution >= 0.6 is 0 Å². The number of aliphatic hydroxyl groups excluding tert-OH is 1. The number of Topliss-reactive ketones (excluding diaryl/α,β-unsaturated/α-hetero) is 3. The van der Waals surface area contributed by atoms with Gasteiger partial charge in [0.05, 0.1) is 19.6 Å². The molecule has 2 radical (unpaired) electrons. The van der Waals surface area contributed by atoms with Crippen LogP contribution in [0.2, 0.25) is 5.31 Å². The number of carbonyl (C=O) groups excluding carboxylic acids is 3. The molecule has 0 saturated carbocycles. The van der Waals surface area contributed by atoms with Crippen molar-refractivity contribution in [2.45, 2.75) is 98.0 Å². The third-order valence-corrected chi connectivity index (χ3v) is 7.75. The quantitative estimate of drug-likeness (QED) is 0.273. The molecule has 7 nitrogen and oxygen atoms in total. The number of aromatic nitrogens is 1. The second kappa shape index (κ2) is 15.4. The number of nitrogens with zero attached hydrogens (tertiary/aromatic N) is 2. The molecule has 1 aliphatic heterocycles. The standard InChI is InChI=1S/C23H30FN3O2.C9H15BO2/c1-4-17-18(22(29)14(2)3)6-7-19(21(17)24)20-8-5-15(23(25)26-20)13-27-11-9-16(28)10-12-27;1-4-8(12)5-6-9(3,10)7(2)11/h5-8,14,16,28H,4,9-13H2,1-3H3,(H2,25,26);4-6H2,1-3H3. The van der Waals surface area contributed by atoms with Gasteiger partial charge in [-0.05, 0) is 55.6 Å². The number of rotatable bonds is 11. The molecule has 0 bridgehead atoms. The average molecular weight is 566 g/mol. The van der Waals surface area contributed by atoms with Gasteiger partial charge in [0.25, 0.3) is 0 Å². The van der Waals surface area contributed by atoms with Crippen molar-refractivity contribution in [2.75, 3.05) is 18.8 Å². The number of nitrogens with two attached hydrogens (primary N) is 1. The van der Waals surface area contributed by atoms with Crippen LogP contribution in [0, 0.1) is 11.7 Å². The van der Waals surface area contributed by atoms with Crippen molar-refractivity contribution >= 4 is 31.0 Å². The van der Waals surface area contributed by atoms with E-state index in [9.17, 15) is 19.5 Å². The minimum absolute atomic E-state index is 0.0539. The highest BCUT2D eigenvalue weighted by molar-refractivity contribution is 6.27. The van der Waals surface area contributed by atoms with Crippen LogP contribution in [0.4, 0.5) is 10.2 Å². The van der Waals surface area contributed by atoms with Gasteiger partial charge >= 0.3 is 0 Å². The van der Waals surface area contributed by atoms with Gasteiger partial charge in [0.1, 0.15) is 23.2 Å². The van der Waals surface area contributed by atoms with Crippen LogP contribution in [0.5, 0.6) is 0 Å². The second-order valence-corrected chi connectivity index (χ2v) is 11.4. The Hall–Kier alpha value is -2.91. The first kappa shape index (κ1) is 34.3. The van der Waals surface area contributed by atoms with E-state index in [2.05, 4.69) is 9.88 Å². The minimum Gasteiger partial charge on any atom is -0.393 e. The Morgan fingerprint density at radius 2 is 1.80 bits per heavy atom. The van der Waals surface area contributed by atoms with E-state index in [0.717, 1.165) is 31.5 Å². The zero-order valence-electron chi connectivity index (χ0n) is 25.4. The van der Waals surface area contributed by atoms with E-state index in [1.165, 1.54) is 6.92 Å². The molecular weight excluding hydrogens is 520 g/mol. The molecule has 1 unspecified atom stereocenters. The normalized spacial score (nSPS) is 15.6. The molecule has 2 aromatic rings. The average Bonchev–Trinajstić information content (AvgIpc) is 2.93. The van der Waals surface area contributed by atoms with Crippen molar-refractivity contribution in [1.29, 1.82) is 0 Å². The van der Waals surface area contributed by atoms with Gasteiger partial charge in [-0.1, -0.05) is 46.8 Å². The van der Waals surface area contributed by atoms with Crippen molar-refractivity contribution in [3.63, 3.8) is 0 Å². The van der Waals surface area contributed by atoms with Crippen molar-refractivity contribution in [2.24, 2.45) is 5.92 Å². The Morgan fingerprint density at radius 3 is 2.32 bits per heavy atom. The zero-order chi connectivity index (χ0) is 30.9. The first-order chi connectivity index (χ1) is 19.2. The molecule has 3 N–H and O–H groups in total. The van der Waals surface area contributed by atoms with E-state index in [-0.39, 0.29) is 29.4 Å². The predicted molar refractivity (Wildman–Crippen MR) is 162 cm³/mol. The highest BCUT2D eigenvalue weighted by atomic mass is 19.1. The number of halogens is 1. The summed E-state index contributed by atoms with van der Waals surface area (Å²) < 4.78 is 15.2. The predicted octanol–water partition coefficient (Wildman–Crippen LogP) is 5.51. The van der Waals surface area contributed by atoms with E-state index in [4.69, 9.17) is 13.6 Å². The van der Waals surface area contributed by atoms with Crippen LogP contribution in [0.3, 0.4) is 0 Å². The first-order valence-electron chi connectivity index (χ1n) is 14.5. The Labute approximate surface area is 245 Å². The summed E-state index contributed by atoms with van der Waals surface area (Å²) in [5, 5.41) is 8.81. The minimum atomic E-state index is -0.829. The van der Waals surface area contributed by atoms with Crippen molar-refractivity contribution in [1.82, 2.24) is 9.88 Å². The van der Waals surface area contributed by atoms with Crippen LogP contribution in [0.25, 0.3) is 11.3 Å². The van der Waals surface area contributed by atoms with Crippen LogP contribution < -0.4 is 5.73 Å². The number of hydrogen-bond donors (Lipinski definition) is 2. The molecule has 1 aliphatic rings. The van der Waals surface area contributed by atoms with Crippen molar-refractivity contribution in [3.8, 4) is 11.3 Å². The van der Waals surface area contributed by atoms with E-state index in [1.54, 1.807) is 25.1 Å². The maximum atomic E-state index is 15.2. The summed E-state index contributed by atoms with van der Waals surface area (Å²) in [4.78, 5) is 40.9. The number of likely N-dealkylation sites (tertiary alicyclic amines) is 1. The van der Waals surface area contributed by atoms with E-state index in [1.807, 2.05) is 33.8 Å². The molecule has 3 rings (SSSR count). The van der Waals surface area contributed by atoms with E-state index < -0.39 is 11.1 Å². The molecule has 41 heavy (non-hydrogen) atoms. The number of nitrogen functional groups attached to an aromatic ring is 1. The number of ketones is 3. The number of hydrogen-bond acceptors (Lipinski definition) is 7. The molecule has 9 heteroatoms. The molecule has 1 aromatic carbocycles. The number of benzene rings is 1. The summed E-state index contributed by atoms with van der Waals surface area (Å²) in [7, 11) is 5.66. The molecule has 222 valence electrons.